The molecule has 0 unspecified atom stereocenters. The molecule has 0 bridgehead atoms. The zero-order valence-corrected chi connectivity index (χ0v) is 14.0. The molecule has 1 saturated heterocycles. The van der Waals surface area contributed by atoms with Crippen LogP contribution in [0.2, 0.25) is 0 Å². The van der Waals surface area contributed by atoms with Gasteiger partial charge in [-0.3, -0.25) is 9.59 Å². The molecule has 5 nitrogen and oxygen atoms in total. The molecule has 24 heavy (non-hydrogen) atoms. The lowest BCUT2D eigenvalue weighted by molar-refractivity contribution is -0.117. The predicted octanol–water partition coefficient (Wildman–Crippen LogP) is 2.66. The molecule has 0 aromatic heterocycles. The van der Waals surface area contributed by atoms with Crippen LogP contribution in [0.4, 0.5) is 5.69 Å². The number of nitrogens with one attached hydrogen (secondary N) is 1. The largest absolute Gasteiger partial charge is 0.396 e. The van der Waals surface area contributed by atoms with Crippen LogP contribution in [0.1, 0.15) is 48.9 Å². The van der Waals surface area contributed by atoms with E-state index in [4.69, 9.17) is 0 Å². The van der Waals surface area contributed by atoms with Gasteiger partial charge in [-0.2, -0.15) is 0 Å². The van der Waals surface area contributed by atoms with Crippen LogP contribution in [0, 0.1) is 11.8 Å². The Bertz CT molecular complexity index is 590. The lowest BCUT2D eigenvalue weighted by Crippen LogP contribution is -2.39. The second-order valence-corrected chi connectivity index (χ2v) is 7.05. The Labute approximate surface area is 143 Å². The average Bonchev–Trinajstić information content (AvgIpc) is 2.58. The number of likely N-dealkylation sites (tertiary alicyclic amines) is 1. The highest BCUT2D eigenvalue weighted by Crippen LogP contribution is 2.29. The Morgan fingerprint density at radius 1 is 1.12 bits per heavy atom. The van der Waals surface area contributed by atoms with E-state index in [1.54, 1.807) is 12.1 Å². The quantitative estimate of drug-likeness (QED) is 0.872. The summed E-state index contributed by atoms with van der Waals surface area (Å²) < 4.78 is 0. The zero-order chi connectivity index (χ0) is 16.9. The number of hydrogen-bond donors (Lipinski definition) is 2. The van der Waals surface area contributed by atoms with Gasteiger partial charge in [-0.25, -0.2) is 0 Å². The summed E-state index contributed by atoms with van der Waals surface area (Å²) in [6, 6.07) is 7.20. The van der Waals surface area contributed by atoms with Crippen LogP contribution in [0.25, 0.3) is 0 Å². The number of nitrogens with zero attached hydrogens (tertiary/aromatic N) is 1. The molecule has 1 aromatic carbocycles. The lowest BCUT2D eigenvalue weighted by atomic mass is 9.83. The number of hydrogen-bond acceptors (Lipinski definition) is 3. The standard InChI is InChI=1S/C19H26N2O3/c22-13-15-7-9-21(10-8-15)19(24)16-5-2-6-17(12-16)20-18(23)11-14-3-1-4-14/h2,5-6,12,14-15,22H,1,3-4,7-11,13H2,(H,20,23). The van der Waals surface area contributed by atoms with Crippen molar-refractivity contribution in [3.05, 3.63) is 29.8 Å². The van der Waals surface area contributed by atoms with E-state index in [1.807, 2.05) is 17.0 Å². The third kappa shape index (κ3) is 4.15. The van der Waals surface area contributed by atoms with Crippen molar-refractivity contribution >= 4 is 17.5 Å². The van der Waals surface area contributed by atoms with Crippen molar-refractivity contribution in [1.82, 2.24) is 4.90 Å². The molecule has 1 saturated carbocycles. The van der Waals surface area contributed by atoms with Gasteiger partial charge in [-0.05, 0) is 55.7 Å². The number of carbonyl (C=O) groups is 2. The van der Waals surface area contributed by atoms with Crippen molar-refractivity contribution in [2.45, 2.75) is 38.5 Å². The first-order valence-electron chi connectivity index (χ1n) is 8.95. The van der Waals surface area contributed by atoms with Gasteiger partial charge in [0.1, 0.15) is 0 Å². The second kappa shape index (κ2) is 7.79. The van der Waals surface area contributed by atoms with E-state index in [2.05, 4.69) is 5.32 Å². The highest BCUT2D eigenvalue weighted by molar-refractivity contribution is 5.97. The highest BCUT2D eigenvalue weighted by Gasteiger charge is 2.24. The van der Waals surface area contributed by atoms with Crippen LogP contribution in [-0.4, -0.2) is 41.5 Å². The Kier molecular flexibility index (Phi) is 5.51. The van der Waals surface area contributed by atoms with Crippen molar-refractivity contribution in [3.8, 4) is 0 Å². The van der Waals surface area contributed by atoms with Gasteiger partial charge in [0, 0.05) is 37.4 Å². The van der Waals surface area contributed by atoms with Crippen molar-refractivity contribution in [2.75, 3.05) is 25.0 Å². The molecule has 1 aromatic rings. The summed E-state index contributed by atoms with van der Waals surface area (Å²) in [6.07, 6.45) is 5.80. The van der Waals surface area contributed by atoms with E-state index in [9.17, 15) is 14.7 Å². The SMILES string of the molecule is O=C(CC1CCC1)Nc1cccc(C(=O)N2CCC(CO)CC2)c1. The molecule has 0 spiro atoms. The van der Waals surface area contributed by atoms with Crippen LogP contribution < -0.4 is 5.32 Å². The van der Waals surface area contributed by atoms with Crippen LogP contribution in [0.5, 0.6) is 0 Å². The van der Waals surface area contributed by atoms with Gasteiger partial charge in [0.15, 0.2) is 0 Å². The van der Waals surface area contributed by atoms with Gasteiger partial charge < -0.3 is 15.3 Å². The summed E-state index contributed by atoms with van der Waals surface area (Å²) in [6.45, 7) is 1.56. The van der Waals surface area contributed by atoms with Gasteiger partial charge in [0.05, 0.1) is 0 Å². The van der Waals surface area contributed by atoms with Crippen molar-refractivity contribution < 1.29 is 14.7 Å². The molecular weight excluding hydrogens is 304 g/mol. The van der Waals surface area contributed by atoms with E-state index >= 15 is 0 Å². The number of anilines is 1. The molecule has 2 amide bonds. The summed E-state index contributed by atoms with van der Waals surface area (Å²) >= 11 is 0. The lowest BCUT2D eigenvalue weighted by Gasteiger charge is -2.31. The van der Waals surface area contributed by atoms with Gasteiger partial charge in [0.2, 0.25) is 5.91 Å². The summed E-state index contributed by atoms with van der Waals surface area (Å²) in [5.41, 5.74) is 1.30. The molecule has 2 aliphatic rings. The molecular formula is C19H26N2O3. The van der Waals surface area contributed by atoms with E-state index in [0.29, 0.717) is 42.6 Å². The fraction of sp³-hybridized carbons (Fsp3) is 0.579. The van der Waals surface area contributed by atoms with E-state index < -0.39 is 0 Å². The summed E-state index contributed by atoms with van der Waals surface area (Å²) in [5, 5.41) is 12.1. The fourth-order valence-electron chi connectivity index (χ4n) is 3.40. The number of benzene rings is 1. The first kappa shape index (κ1) is 17.0. The van der Waals surface area contributed by atoms with Crippen molar-refractivity contribution in [2.24, 2.45) is 11.8 Å². The van der Waals surface area contributed by atoms with Gasteiger partial charge in [0.25, 0.3) is 5.91 Å². The van der Waals surface area contributed by atoms with Crippen LogP contribution >= 0.6 is 0 Å². The summed E-state index contributed by atoms with van der Waals surface area (Å²) in [4.78, 5) is 26.5. The van der Waals surface area contributed by atoms with E-state index in [-0.39, 0.29) is 18.4 Å². The number of aliphatic hydroxyl groups is 1. The normalized spacial score (nSPS) is 19.0. The van der Waals surface area contributed by atoms with Gasteiger partial charge in [-0.15, -0.1) is 0 Å². The number of carbonyl (C=O) groups excluding carboxylic acids is 2. The average molecular weight is 330 g/mol. The summed E-state index contributed by atoms with van der Waals surface area (Å²) in [5.74, 6) is 0.878. The number of piperidine rings is 1. The van der Waals surface area contributed by atoms with E-state index in [1.165, 1.54) is 6.42 Å². The zero-order valence-electron chi connectivity index (χ0n) is 14.0. The maximum atomic E-state index is 12.6. The smallest absolute Gasteiger partial charge is 0.253 e. The van der Waals surface area contributed by atoms with Crippen molar-refractivity contribution in [1.29, 1.82) is 0 Å². The number of amides is 2. The second-order valence-electron chi connectivity index (χ2n) is 7.05. The van der Waals surface area contributed by atoms with Crippen LogP contribution in [-0.2, 0) is 4.79 Å². The molecule has 2 N–H and O–H groups in total. The minimum absolute atomic E-state index is 0.00137. The van der Waals surface area contributed by atoms with Gasteiger partial charge in [-0.1, -0.05) is 12.5 Å². The maximum absolute atomic E-state index is 12.6. The summed E-state index contributed by atoms with van der Waals surface area (Å²) in [7, 11) is 0. The monoisotopic (exact) mass is 330 g/mol. The first-order chi connectivity index (χ1) is 11.7. The molecule has 2 fully saturated rings. The number of aliphatic hydroxyl groups excluding tert-OH is 1. The Morgan fingerprint density at radius 3 is 2.50 bits per heavy atom. The van der Waals surface area contributed by atoms with Crippen molar-refractivity contribution in [3.63, 3.8) is 0 Å². The molecule has 5 heteroatoms. The number of rotatable bonds is 5. The Hall–Kier alpha value is -1.88. The Morgan fingerprint density at radius 2 is 1.88 bits per heavy atom. The van der Waals surface area contributed by atoms with Crippen LogP contribution in [0.3, 0.4) is 0 Å². The Balaban J connectivity index is 1.57. The first-order valence-corrected chi connectivity index (χ1v) is 8.95. The van der Waals surface area contributed by atoms with Gasteiger partial charge >= 0.3 is 0 Å². The third-order valence-electron chi connectivity index (χ3n) is 5.25. The molecule has 1 heterocycles. The molecule has 0 radical (unpaired) electrons. The molecule has 1 aliphatic heterocycles. The predicted molar refractivity (Wildman–Crippen MR) is 92.7 cm³/mol. The molecule has 0 atom stereocenters. The van der Waals surface area contributed by atoms with E-state index in [0.717, 1.165) is 25.7 Å². The highest BCUT2D eigenvalue weighted by atomic mass is 16.3. The molecule has 130 valence electrons. The topological polar surface area (TPSA) is 69.6 Å². The molecule has 3 rings (SSSR count). The third-order valence-corrected chi connectivity index (χ3v) is 5.25. The minimum Gasteiger partial charge on any atom is -0.396 e. The minimum atomic E-state index is 0.00137. The maximum Gasteiger partial charge on any atom is 0.253 e. The fourth-order valence-corrected chi connectivity index (χ4v) is 3.40. The van der Waals surface area contributed by atoms with Crippen LogP contribution in [0.15, 0.2) is 24.3 Å². The molecule has 1 aliphatic carbocycles.